The zero-order valence-electron chi connectivity index (χ0n) is 7.89. The van der Waals surface area contributed by atoms with Gasteiger partial charge in [-0.1, -0.05) is 6.92 Å². The standard InChI is InChI=1S/C10H13N3/c1-3-7-5-8-9(4-6(7)2)12-13-10(8)11/h4-5H,3H2,1-2H3,(H3,11,12,13). The third-order valence-electron chi connectivity index (χ3n) is 2.43. The van der Waals surface area contributed by atoms with Gasteiger partial charge in [0.15, 0.2) is 5.82 Å². The number of nitrogen functional groups attached to an aromatic ring is 1. The van der Waals surface area contributed by atoms with Crippen molar-refractivity contribution in [2.45, 2.75) is 20.3 Å². The van der Waals surface area contributed by atoms with Gasteiger partial charge in [-0.15, -0.1) is 0 Å². The molecule has 0 radical (unpaired) electrons. The van der Waals surface area contributed by atoms with Crippen molar-refractivity contribution in [2.75, 3.05) is 5.73 Å². The number of nitrogens with zero attached hydrogens (tertiary/aromatic N) is 1. The monoisotopic (exact) mass is 175 g/mol. The molecule has 0 aliphatic carbocycles. The molecular weight excluding hydrogens is 162 g/mol. The topological polar surface area (TPSA) is 54.7 Å². The molecule has 0 saturated heterocycles. The molecular formula is C10H13N3. The average molecular weight is 175 g/mol. The molecule has 68 valence electrons. The van der Waals surface area contributed by atoms with Crippen LogP contribution in [0.2, 0.25) is 0 Å². The summed E-state index contributed by atoms with van der Waals surface area (Å²) in [5, 5.41) is 7.90. The van der Waals surface area contributed by atoms with E-state index in [1.165, 1.54) is 11.1 Å². The Hall–Kier alpha value is -1.51. The van der Waals surface area contributed by atoms with E-state index in [-0.39, 0.29) is 0 Å². The molecule has 0 bridgehead atoms. The highest BCUT2D eigenvalue weighted by molar-refractivity contribution is 5.89. The van der Waals surface area contributed by atoms with E-state index in [0.29, 0.717) is 5.82 Å². The highest BCUT2D eigenvalue weighted by Gasteiger charge is 2.04. The number of fused-ring (bicyclic) bond motifs is 1. The maximum absolute atomic E-state index is 5.71. The van der Waals surface area contributed by atoms with Crippen molar-refractivity contribution < 1.29 is 0 Å². The van der Waals surface area contributed by atoms with Crippen molar-refractivity contribution in [1.29, 1.82) is 0 Å². The van der Waals surface area contributed by atoms with Gasteiger partial charge >= 0.3 is 0 Å². The van der Waals surface area contributed by atoms with Crippen molar-refractivity contribution >= 4 is 16.7 Å². The van der Waals surface area contributed by atoms with Crippen LogP contribution in [0.3, 0.4) is 0 Å². The third kappa shape index (κ3) is 1.16. The van der Waals surface area contributed by atoms with Gasteiger partial charge in [-0.3, -0.25) is 5.10 Å². The molecule has 1 aromatic carbocycles. The fraction of sp³-hybridized carbons (Fsp3) is 0.300. The van der Waals surface area contributed by atoms with Crippen LogP contribution in [-0.4, -0.2) is 10.2 Å². The zero-order valence-corrected chi connectivity index (χ0v) is 7.89. The normalized spacial score (nSPS) is 10.9. The van der Waals surface area contributed by atoms with Gasteiger partial charge in [0.05, 0.1) is 5.52 Å². The number of H-pyrrole nitrogens is 1. The zero-order chi connectivity index (χ0) is 9.42. The van der Waals surface area contributed by atoms with Gasteiger partial charge in [-0.05, 0) is 36.6 Å². The Morgan fingerprint density at radius 3 is 2.92 bits per heavy atom. The molecule has 1 aromatic heterocycles. The van der Waals surface area contributed by atoms with Crippen molar-refractivity contribution in [1.82, 2.24) is 10.2 Å². The lowest BCUT2D eigenvalue weighted by Crippen LogP contribution is -1.88. The number of benzene rings is 1. The maximum Gasteiger partial charge on any atom is 0.153 e. The van der Waals surface area contributed by atoms with Crippen LogP contribution in [0.25, 0.3) is 10.9 Å². The second-order valence-corrected chi connectivity index (χ2v) is 3.29. The number of hydrogen-bond donors (Lipinski definition) is 2. The lowest BCUT2D eigenvalue weighted by Gasteiger charge is -2.02. The van der Waals surface area contributed by atoms with Gasteiger partial charge in [-0.2, -0.15) is 5.10 Å². The molecule has 0 aliphatic rings. The Morgan fingerprint density at radius 1 is 1.46 bits per heavy atom. The maximum atomic E-state index is 5.71. The molecule has 0 unspecified atom stereocenters. The Balaban J connectivity index is 2.77. The molecule has 0 fully saturated rings. The fourth-order valence-electron chi connectivity index (χ4n) is 1.62. The lowest BCUT2D eigenvalue weighted by molar-refractivity contribution is 1.11. The van der Waals surface area contributed by atoms with Crippen molar-refractivity contribution in [2.24, 2.45) is 0 Å². The van der Waals surface area contributed by atoms with Crippen molar-refractivity contribution in [3.05, 3.63) is 23.3 Å². The first-order valence-electron chi connectivity index (χ1n) is 4.45. The Morgan fingerprint density at radius 2 is 2.23 bits per heavy atom. The summed E-state index contributed by atoms with van der Waals surface area (Å²) in [5.41, 5.74) is 9.35. The van der Waals surface area contributed by atoms with Gasteiger partial charge in [0.2, 0.25) is 0 Å². The van der Waals surface area contributed by atoms with Crippen LogP contribution in [0, 0.1) is 6.92 Å². The number of aromatic amines is 1. The van der Waals surface area contributed by atoms with Crippen LogP contribution < -0.4 is 5.73 Å². The SMILES string of the molecule is CCc1cc2c(N)n[nH]c2cc1C. The molecule has 1 heterocycles. The molecule has 3 nitrogen and oxygen atoms in total. The van der Waals surface area contributed by atoms with Crippen molar-refractivity contribution in [3.8, 4) is 0 Å². The third-order valence-corrected chi connectivity index (χ3v) is 2.43. The molecule has 3 N–H and O–H groups in total. The fourth-order valence-corrected chi connectivity index (χ4v) is 1.62. The van der Waals surface area contributed by atoms with Crippen LogP contribution >= 0.6 is 0 Å². The molecule has 0 saturated carbocycles. The summed E-state index contributed by atoms with van der Waals surface area (Å²) < 4.78 is 0. The number of hydrogen-bond acceptors (Lipinski definition) is 2. The van der Waals surface area contributed by atoms with Crippen LogP contribution in [0.1, 0.15) is 18.1 Å². The van der Waals surface area contributed by atoms with Gasteiger partial charge in [0.1, 0.15) is 0 Å². The first-order valence-corrected chi connectivity index (χ1v) is 4.45. The number of aromatic nitrogens is 2. The van der Waals surface area contributed by atoms with Gasteiger partial charge in [0.25, 0.3) is 0 Å². The minimum absolute atomic E-state index is 0.588. The predicted molar refractivity (Wildman–Crippen MR) is 54.6 cm³/mol. The summed E-state index contributed by atoms with van der Waals surface area (Å²) >= 11 is 0. The van der Waals surface area contributed by atoms with Gasteiger partial charge < -0.3 is 5.73 Å². The lowest BCUT2D eigenvalue weighted by atomic mass is 10.0. The van der Waals surface area contributed by atoms with E-state index in [4.69, 9.17) is 5.73 Å². The Labute approximate surface area is 76.9 Å². The summed E-state index contributed by atoms with van der Waals surface area (Å²) in [5.74, 6) is 0.588. The molecule has 2 rings (SSSR count). The molecule has 0 aliphatic heterocycles. The Bertz CT molecular complexity index is 443. The predicted octanol–water partition coefficient (Wildman–Crippen LogP) is 2.02. The van der Waals surface area contributed by atoms with E-state index in [9.17, 15) is 0 Å². The first-order chi connectivity index (χ1) is 6.22. The minimum atomic E-state index is 0.588. The number of anilines is 1. The van der Waals surface area contributed by atoms with E-state index in [0.717, 1.165) is 17.3 Å². The summed E-state index contributed by atoms with van der Waals surface area (Å²) in [6, 6.07) is 4.21. The second kappa shape index (κ2) is 2.76. The van der Waals surface area contributed by atoms with Gasteiger partial charge in [-0.25, -0.2) is 0 Å². The van der Waals surface area contributed by atoms with E-state index < -0.39 is 0 Å². The number of rotatable bonds is 1. The average Bonchev–Trinajstić information content (AvgIpc) is 2.46. The van der Waals surface area contributed by atoms with Crippen LogP contribution in [0.15, 0.2) is 12.1 Å². The summed E-state index contributed by atoms with van der Waals surface area (Å²) in [6.07, 6.45) is 1.03. The molecule has 3 heteroatoms. The van der Waals surface area contributed by atoms with E-state index in [2.05, 4.69) is 36.2 Å². The highest BCUT2D eigenvalue weighted by Crippen LogP contribution is 2.22. The number of nitrogens with two attached hydrogens (primary N) is 1. The van der Waals surface area contributed by atoms with Crippen LogP contribution in [0.5, 0.6) is 0 Å². The second-order valence-electron chi connectivity index (χ2n) is 3.29. The van der Waals surface area contributed by atoms with E-state index in [1.807, 2.05) is 0 Å². The largest absolute Gasteiger partial charge is 0.382 e. The minimum Gasteiger partial charge on any atom is -0.382 e. The summed E-state index contributed by atoms with van der Waals surface area (Å²) in [6.45, 7) is 4.25. The van der Waals surface area contributed by atoms with E-state index in [1.54, 1.807) is 0 Å². The number of nitrogens with one attached hydrogen (secondary N) is 1. The molecule has 0 amide bonds. The van der Waals surface area contributed by atoms with Crippen molar-refractivity contribution in [3.63, 3.8) is 0 Å². The smallest absolute Gasteiger partial charge is 0.153 e. The van der Waals surface area contributed by atoms with Crippen LogP contribution in [0.4, 0.5) is 5.82 Å². The first kappa shape index (κ1) is 8.10. The molecule has 13 heavy (non-hydrogen) atoms. The van der Waals surface area contributed by atoms with E-state index >= 15 is 0 Å². The summed E-state index contributed by atoms with van der Waals surface area (Å²) in [4.78, 5) is 0. The molecule has 2 aromatic rings. The molecule has 0 spiro atoms. The highest BCUT2D eigenvalue weighted by atomic mass is 15.1. The van der Waals surface area contributed by atoms with Crippen LogP contribution in [-0.2, 0) is 6.42 Å². The molecule has 0 atom stereocenters. The number of aryl methyl sites for hydroxylation is 2. The summed E-state index contributed by atoms with van der Waals surface area (Å²) in [7, 11) is 0. The Kier molecular flexibility index (Phi) is 1.72. The van der Waals surface area contributed by atoms with Gasteiger partial charge in [0, 0.05) is 5.39 Å². The quantitative estimate of drug-likeness (QED) is 0.696.